The third kappa shape index (κ3) is 3.47. The first kappa shape index (κ1) is 13.4. The molecule has 1 nitrogen and oxygen atoms in total. The van der Waals surface area contributed by atoms with E-state index in [1.165, 1.54) is 11.1 Å². The van der Waals surface area contributed by atoms with Crippen molar-refractivity contribution in [1.82, 2.24) is 0 Å². The average Bonchev–Trinajstić information content (AvgIpc) is 2.40. The average molecular weight is 251 g/mol. The highest BCUT2D eigenvalue weighted by Crippen LogP contribution is 2.35. The van der Waals surface area contributed by atoms with E-state index in [1.807, 2.05) is 6.07 Å². The van der Waals surface area contributed by atoms with E-state index in [-0.39, 0.29) is 5.92 Å². The summed E-state index contributed by atoms with van der Waals surface area (Å²) in [6.45, 7) is 8.03. The van der Waals surface area contributed by atoms with Gasteiger partial charge in [-0.1, -0.05) is 67.3 Å². The van der Waals surface area contributed by atoms with E-state index in [4.69, 9.17) is 5.73 Å². The second-order valence-corrected chi connectivity index (χ2v) is 5.02. The Labute approximate surface area is 115 Å². The van der Waals surface area contributed by atoms with Crippen molar-refractivity contribution in [2.24, 2.45) is 5.73 Å². The monoisotopic (exact) mass is 251 g/mol. The van der Waals surface area contributed by atoms with Gasteiger partial charge in [0.05, 0.1) is 0 Å². The van der Waals surface area contributed by atoms with Gasteiger partial charge in [0.25, 0.3) is 0 Å². The fourth-order valence-electron chi connectivity index (χ4n) is 2.55. The lowest BCUT2D eigenvalue weighted by atomic mass is 9.81. The molecule has 0 radical (unpaired) electrons. The first-order valence-electron chi connectivity index (χ1n) is 6.71. The molecule has 1 aliphatic carbocycles. The topological polar surface area (TPSA) is 26.0 Å². The van der Waals surface area contributed by atoms with Crippen molar-refractivity contribution in [2.75, 3.05) is 0 Å². The second-order valence-electron chi connectivity index (χ2n) is 5.02. The van der Waals surface area contributed by atoms with Gasteiger partial charge in [0.15, 0.2) is 0 Å². The molecule has 0 aliphatic heterocycles. The van der Waals surface area contributed by atoms with Crippen LogP contribution < -0.4 is 5.73 Å². The van der Waals surface area contributed by atoms with Crippen LogP contribution in [0.3, 0.4) is 0 Å². The normalized spacial score (nSPS) is 15.7. The molecule has 0 saturated heterocycles. The van der Waals surface area contributed by atoms with Gasteiger partial charge in [-0.3, -0.25) is 0 Å². The van der Waals surface area contributed by atoms with Crippen LogP contribution in [0.1, 0.15) is 30.7 Å². The Hall–Kier alpha value is -2.02. The SMILES string of the molecule is C=C(N)CC(=C)C(C1=CCCC=C1)c1ccccc1. The third-order valence-electron chi connectivity index (χ3n) is 3.35. The van der Waals surface area contributed by atoms with Crippen molar-refractivity contribution in [3.05, 3.63) is 84.1 Å². The molecule has 19 heavy (non-hydrogen) atoms. The van der Waals surface area contributed by atoms with Crippen LogP contribution in [0, 0.1) is 0 Å². The van der Waals surface area contributed by atoms with Crippen molar-refractivity contribution < 1.29 is 0 Å². The molecule has 0 amide bonds. The highest BCUT2D eigenvalue weighted by Gasteiger charge is 2.19. The molecule has 1 aromatic carbocycles. The molecule has 2 rings (SSSR count). The van der Waals surface area contributed by atoms with E-state index >= 15 is 0 Å². The second kappa shape index (κ2) is 6.24. The molecule has 1 atom stereocenters. The molecule has 1 unspecified atom stereocenters. The van der Waals surface area contributed by atoms with Crippen LogP contribution in [0.5, 0.6) is 0 Å². The molecule has 0 saturated carbocycles. The Balaban J connectivity index is 2.33. The zero-order valence-electron chi connectivity index (χ0n) is 11.3. The lowest BCUT2D eigenvalue weighted by molar-refractivity contribution is 0.865. The molecule has 1 aromatic rings. The number of benzene rings is 1. The fourth-order valence-corrected chi connectivity index (χ4v) is 2.55. The predicted molar refractivity (Wildman–Crippen MR) is 82.7 cm³/mol. The molecule has 98 valence electrons. The zero-order valence-corrected chi connectivity index (χ0v) is 11.3. The molecule has 0 heterocycles. The van der Waals surface area contributed by atoms with E-state index in [1.54, 1.807) is 0 Å². The van der Waals surface area contributed by atoms with Gasteiger partial charge in [0.2, 0.25) is 0 Å². The first-order chi connectivity index (χ1) is 9.18. The van der Waals surface area contributed by atoms with Gasteiger partial charge in [0.1, 0.15) is 0 Å². The lowest BCUT2D eigenvalue weighted by Crippen LogP contribution is -2.08. The summed E-state index contributed by atoms with van der Waals surface area (Å²) in [5.41, 5.74) is 10.1. The molecule has 1 aliphatic rings. The van der Waals surface area contributed by atoms with Crippen LogP contribution in [-0.2, 0) is 0 Å². The Bertz CT molecular complexity index is 520. The van der Waals surface area contributed by atoms with E-state index in [0.717, 1.165) is 18.4 Å². The summed E-state index contributed by atoms with van der Waals surface area (Å²) in [5, 5.41) is 0. The van der Waals surface area contributed by atoms with Gasteiger partial charge in [0, 0.05) is 18.0 Å². The quantitative estimate of drug-likeness (QED) is 0.768. The zero-order chi connectivity index (χ0) is 13.7. The Kier molecular flexibility index (Phi) is 4.40. The minimum atomic E-state index is 0.220. The van der Waals surface area contributed by atoms with Gasteiger partial charge < -0.3 is 5.73 Å². The molecule has 0 bridgehead atoms. The van der Waals surface area contributed by atoms with Crippen molar-refractivity contribution in [2.45, 2.75) is 25.2 Å². The van der Waals surface area contributed by atoms with Gasteiger partial charge in [-0.2, -0.15) is 0 Å². The van der Waals surface area contributed by atoms with Crippen LogP contribution in [0.15, 0.2) is 78.6 Å². The molecule has 0 fully saturated rings. The van der Waals surface area contributed by atoms with Gasteiger partial charge in [-0.25, -0.2) is 0 Å². The van der Waals surface area contributed by atoms with Crippen molar-refractivity contribution in [1.29, 1.82) is 0 Å². The summed E-state index contributed by atoms with van der Waals surface area (Å²) in [4.78, 5) is 0. The first-order valence-corrected chi connectivity index (χ1v) is 6.71. The summed E-state index contributed by atoms with van der Waals surface area (Å²) in [7, 11) is 0. The van der Waals surface area contributed by atoms with Crippen molar-refractivity contribution >= 4 is 0 Å². The number of allylic oxidation sites excluding steroid dienone is 5. The third-order valence-corrected chi connectivity index (χ3v) is 3.35. The van der Waals surface area contributed by atoms with Crippen LogP contribution in [-0.4, -0.2) is 0 Å². The summed E-state index contributed by atoms with van der Waals surface area (Å²) in [6, 6.07) is 10.5. The van der Waals surface area contributed by atoms with Gasteiger partial charge >= 0.3 is 0 Å². The van der Waals surface area contributed by atoms with Crippen LogP contribution in [0.25, 0.3) is 0 Å². The van der Waals surface area contributed by atoms with E-state index in [2.05, 4.69) is 55.7 Å². The molecular formula is C18H21N. The van der Waals surface area contributed by atoms with Gasteiger partial charge in [-0.05, 0) is 24.0 Å². The maximum Gasteiger partial charge on any atom is 0.0296 e. The summed E-state index contributed by atoms with van der Waals surface area (Å²) < 4.78 is 0. The fraction of sp³-hybridized carbons (Fsp3) is 0.222. The number of hydrogen-bond donors (Lipinski definition) is 1. The standard InChI is InChI=1S/C18H21N/c1-14(13-15(2)19)18(16-9-5-3-6-10-16)17-11-7-4-8-12-17/h3,5-7,9-12,18H,1-2,4,8,13,19H2. The smallest absolute Gasteiger partial charge is 0.0296 e. The van der Waals surface area contributed by atoms with Crippen molar-refractivity contribution in [3.8, 4) is 0 Å². The number of nitrogens with two attached hydrogens (primary N) is 1. The van der Waals surface area contributed by atoms with E-state index < -0.39 is 0 Å². The van der Waals surface area contributed by atoms with E-state index in [9.17, 15) is 0 Å². The Morgan fingerprint density at radius 1 is 1.16 bits per heavy atom. The minimum Gasteiger partial charge on any atom is -0.402 e. The molecule has 0 spiro atoms. The lowest BCUT2D eigenvalue weighted by Gasteiger charge is -2.23. The maximum atomic E-state index is 5.75. The van der Waals surface area contributed by atoms with Crippen LogP contribution >= 0.6 is 0 Å². The van der Waals surface area contributed by atoms with Gasteiger partial charge in [-0.15, -0.1) is 0 Å². The highest BCUT2D eigenvalue weighted by molar-refractivity contribution is 5.44. The largest absolute Gasteiger partial charge is 0.402 e. The molecule has 1 heteroatoms. The summed E-state index contributed by atoms with van der Waals surface area (Å²) in [5.74, 6) is 0.220. The molecule has 0 aromatic heterocycles. The number of rotatable bonds is 5. The summed E-state index contributed by atoms with van der Waals surface area (Å²) >= 11 is 0. The van der Waals surface area contributed by atoms with Crippen LogP contribution in [0.2, 0.25) is 0 Å². The maximum absolute atomic E-state index is 5.75. The summed E-state index contributed by atoms with van der Waals surface area (Å²) in [6.07, 6.45) is 9.65. The number of hydrogen-bond acceptors (Lipinski definition) is 1. The Morgan fingerprint density at radius 2 is 1.89 bits per heavy atom. The molecule has 2 N–H and O–H groups in total. The highest BCUT2D eigenvalue weighted by atomic mass is 14.6. The van der Waals surface area contributed by atoms with E-state index in [0.29, 0.717) is 12.1 Å². The Morgan fingerprint density at radius 3 is 2.47 bits per heavy atom. The minimum absolute atomic E-state index is 0.220. The molecular weight excluding hydrogens is 230 g/mol. The predicted octanol–water partition coefficient (Wildman–Crippen LogP) is 4.47. The van der Waals surface area contributed by atoms with Crippen LogP contribution in [0.4, 0.5) is 0 Å². The van der Waals surface area contributed by atoms with Crippen molar-refractivity contribution in [3.63, 3.8) is 0 Å².